The van der Waals surface area contributed by atoms with Crippen LogP contribution in [-0.4, -0.2) is 41.1 Å². The Balaban J connectivity index is 2.13. The van der Waals surface area contributed by atoms with Gasteiger partial charge in [-0.05, 0) is 50.6 Å². The van der Waals surface area contributed by atoms with E-state index >= 15 is 0 Å². The van der Waals surface area contributed by atoms with E-state index in [1.165, 1.54) is 31.3 Å². The van der Waals surface area contributed by atoms with Crippen molar-refractivity contribution in [2.75, 3.05) is 13.6 Å². The summed E-state index contributed by atoms with van der Waals surface area (Å²) in [5.41, 5.74) is -0.956. The van der Waals surface area contributed by atoms with Gasteiger partial charge in [0, 0.05) is 6.54 Å². The number of hydrogen-bond donors (Lipinski definition) is 3. The average molecular weight is 334 g/mol. The highest BCUT2D eigenvalue weighted by Gasteiger charge is 2.35. The molecule has 0 amide bonds. The second-order valence-corrected chi connectivity index (χ2v) is 8.73. The molecule has 9 heteroatoms. The molecule has 1 aliphatic rings. The van der Waals surface area contributed by atoms with Gasteiger partial charge in [-0.25, -0.2) is 26.3 Å². The van der Waals surface area contributed by atoms with Crippen molar-refractivity contribution >= 4 is 20.0 Å². The van der Waals surface area contributed by atoms with Crippen molar-refractivity contribution in [1.82, 2.24) is 9.44 Å². The van der Waals surface area contributed by atoms with Gasteiger partial charge in [0.1, 0.15) is 0 Å². The van der Waals surface area contributed by atoms with Crippen LogP contribution in [0.1, 0.15) is 19.3 Å². The molecule has 0 aliphatic heterocycles. The van der Waals surface area contributed by atoms with Crippen molar-refractivity contribution in [2.24, 2.45) is 0 Å². The molecule has 2 rings (SSSR count). The van der Waals surface area contributed by atoms with Crippen LogP contribution in [0.3, 0.4) is 0 Å². The Kier molecular flexibility index (Phi) is 4.41. The highest BCUT2D eigenvalue weighted by atomic mass is 32.2. The van der Waals surface area contributed by atoms with Crippen molar-refractivity contribution in [2.45, 2.75) is 34.7 Å². The minimum absolute atomic E-state index is 0.0124. The van der Waals surface area contributed by atoms with Crippen LogP contribution in [0.2, 0.25) is 0 Å². The number of hydrogen-bond acceptors (Lipinski definition) is 5. The Morgan fingerprint density at radius 1 is 1.05 bits per heavy atom. The minimum atomic E-state index is -3.76. The molecule has 1 fully saturated rings. The Hall–Kier alpha value is -1.00. The van der Waals surface area contributed by atoms with Gasteiger partial charge in [0.05, 0.1) is 15.4 Å². The predicted molar refractivity (Wildman–Crippen MR) is 76.7 cm³/mol. The van der Waals surface area contributed by atoms with E-state index in [1.54, 1.807) is 0 Å². The molecule has 1 saturated carbocycles. The van der Waals surface area contributed by atoms with Crippen LogP contribution in [0.4, 0.5) is 0 Å². The molecule has 1 aromatic rings. The molecule has 0 atom stereocenters. The lowest BCUT2D eigenvalue weighted by molar-refractivity contribution is -0.0270. The maximum atomic E-state index is 12.1. The zero-order valence-corrected chi connectivity index (χ0v) is 13.2. The smallest absolute Gasteiger partial charge is 0.240 e. The second-order valence-electron chi connectivity index (χ2n) is 5.08. The van der Waals surface area contributed by atoms with Crippen molar-refractivity contribution in [1.29, 1.82) is 0 Å². The second kappa shape index (κ2) is 5.65. The first-order valence-corrected chi connectivity index (χ1v) is 9.41. The summed E-state index contributed by atoms with van der Waals surface area (Å²) in [6.07, 6.45) is 2.04. The molecule has 1 aliphatic carbocycles. The topological polar surface area (TPSA) is 113 Å². The molecule has 0 spiro atoms. The van der Waals surface area contributed by atoms with Gasteiger partial charge in [-0.1, -0.05) is 0 Å². The third kappa shape index (κ3) is 3.61. The fourth-order valence-electron chi connectivity index (χ4n) is 1.99. The molecular formula is C12H18N2O5S2. The van der Waals surface area contributed by atoms with E-state index in [-0.39, 0.29) is 16.3 Å². The molecule has 21 heavy (non-hydrogen) atoms. The highest BCUT2D eigenvalue weighted by Crippen LogP contribution is 2.31. The van der Waals surface area contributed by atoms with Crippen LogP contribution >= 0.6 is 0 Å². The van der Waals surface area contributed by atoms with Gasteiger partial charge in [0.2, 0.25) is 20.0 Å². The van der Waals surface area contributed by atoms with E-state index in [4.69, 9.17) is 0 Å². The molecule has 0 heterocycles. The molecule has 0 radical (unpaired) electrons. The summed E-state index contributed by atoms with van der Waals surface area (Å²) in [5.74, 6) is 0. The zero-order valence-electron chi connectivity index (χ0n) is 11.5. The predicted octanol–water partition coefficient (Wildman–Crippen LogP) is -0.212. The zero-order chi connectivity index (χ0) is 15.7. The molecule has 118 valence electrons. The lowest BCUT2D eigenvalue weighted by Gasteiger charge is -2.36. The normalized spacial score (nSPS) is 18.2. The maximum absolute atomic E-state index is 12.1. The molecule has 0 unspecified atom stereocenters. The quantitative estimate of drug-likeness (QED) is 0.666. The van der Waals surface area contributed by atoms with Crippen molar-refractivity contribution in [3.05, 3.63) is 24.3 Å². The molecule has 0 saturated heterocycles. The highest BCUT2D eigenvalue weighted by molar-refractivity contribution is 7.90. The third-order valence-electron chi connectivity index (χ3n) is 3.59. The number of aliphatic hydroxyl groups is 1. The first-order valence-electron chi connectivity index (χ1n) is 6.44. The lowest BCUT2D eigenvalue weighted by atomic mass is 9.81. The average Bonchev–Trinajstić information content (AvgIpc) is 2.43. The fraction of sp³-hybridized carbons (Fsp3) is 0.500. The van der Waals surface area contributed by atoms with Gasteiger partial charge in [0.25, 0.3) is 0 Å². The SMILES string of the molecule is CNS(=O)(=O)c1ccc(S(=O)(=O)NCC2(O)CCC2)cc1. The third-order valence-corrected chi connectivity index (χ3v) is 6.44. The van der Waals surface area contributed by atoms with Gasteiger partial charge in [-0.2, -0.15) is 0 Å². The van der Waals surface area contributed by atoms with Gasteiger partial charge in [-0.3, -0.25) is 0 Å². The van der Waals surface area contributed by atoms with Crippen LogP contribution in [-0.2, 0) is 20.0 Å². The van der Waals surface area contributed by atoms with Gasteiger partial charge in [-0.15, -0.1) is 0 Å². The minimum Gasteiger partial charge on any atom is -0.389 e. The Morgan fingerprint density at radius 2 is 1.52 bits per heavy atom. The molecule has 0 bridgehead atoms. The van der Waals surface area contributed by atoms with E-state index in [1.807, 2.05) is 0 Å². The van der Waals surface area contributed by atoms with E-state index in [9.17, 15) is 21.9 Å². The van der Waals surface area contributed by atoms with Crippen molar-refractivity contribution in [3.63, 3.8) is 0 Å². The van der Waals surface area contributed by atoms with E-state index < -0.39 is 25.6 Å². The Labute approximate surface area is 124 Å². The van der Waals surface area contributed by atoms with Crippen molar-refractivity contribution in [3.8, 4) is 0 Å². The fourth-order valence-corrected chi connectivity index (χ4v) is 3.84. The van der Waals surface area contributed by atoms with E-state index in [0.717, 1.165) is 6.42 Å². The van der Waals surface area contributed by atoms with Crippen LogP contribution < -0.4 is 9.44 Å². The largest absolute Gasteiger partial charge is 0.389 e. The number of nitrogens with one attached hydrogen (secondary N) is 2. The summed E-state index contributed by atoms with van der Waals surface area (Å²) in [7, 11) is -6.08. The van der Waals surface area contributed by atoms with Crippen LogP contribution in [0.15, 0.2) is 34.1 Å². The molecule has 3 N–H and O–H groups in total. The van der Waals surface area contributed by atoms with E-state index in [2.05, 4.69) is 9.44 Å². The summed E-state index contributed by atoms with van der Waals surface area (Å²) in [6.45, 7) is -0.0358. The first kappa shape index (κ1) is 16.4. The summed E-state index contributed by atoms with van der Waals surface area (Å²) in [5, 5.41) is 9.89. The molecule has 7 nitrogen and oxygen atoms in total. The summed E-state index contributed by atoms with van der Waals surface area (Å²) in [6, 6.07) is 4.88. The summed E-state index contributed by atoms with van der Waals surface area (Å²) >= 11 is 0. The Morgan fingerprint density at radius 3 is 1.90 bits per heavy atom. The first-order chi connectivity index (χ1) is 9.69. The van der Waals surface area contributed by atoms with E-state index in [0.29, 0.717) is 12.8 Å². The van der Waals surface area contributed by atoms with Gasteiger partial charge >= 0.3 is 0 Å². The lowest BCUT2D eigenvalue weighted by Crippen LogP contribution is -2.47. The number of rotatable bonds is 6. The van der Waals surface area contributed by atoms with Crippen molar-refractivity contribution < 1.29 is 21.9 Å². The Bertz CT molecular complexity index is 707. The van der Waals surface area contributed by atoms with Crippen LogP contribution in [0.5, 0.6) is 0 Å². The number of sulfonamides is 2. The monoisotopic (exact) mass is 334 g/mol. The summed E-state index contributed by atoms with van der Waals surface area (Å²) < 4.78 is 51.7. The van der Waals surface area contributed by atoms with Gasteiger partial charge in [0.15, 0.2) is 0 Å². The standard InChI is InChI=1S/C12H18N2O5S2/c1-13-20(16,17)10-3-5-11(6-4-10)21(18,19)14-9-12(15)7-2-8-12/h3-6,13-15H,2,7-9H2,1H3. The maximum Gasteiger partial charge on any atom is 0.240 e. The molecule has 1 aromatic carbocycles. The molecular weight excluding hydrogens is 316 g/mol. The summed E-state index contributed by atoms with van der Waals surface area (Å²) in [4.78, 5) is -0.0537. The molecule has 0 aromatic heterocycles. The van der Waals surface area contributed by atoms with Crippen LogP contribution in [0.25, 0.3) is 0 Å². The number of benzene rings is 1. The van der Waals surface area contributed by atoms with Crippen LogP contribution in [0, 0.1) is 0 Å². The van der Waals surface area contributed by atoms with Gasteiger partial charge < -0.3 is 5.11 Å².